The van der Waals surface area contributed by atoms with Gasteiger partial charge in [0.1, 0.15) is 17.0 Å². The van der Waals surface area contributed by atoms with E-state index in [1.54, 1.807) is 0 Å². The summed E-state index contributed by atoms with van der Waals surface area (Å²) in [7, 11) is 0. The zero-order chi connectivity index (χ0) is 19.8. The summed E-state index contributed by atoms with van der Waals surface area (Å²) in [4.78, 5) is 21.7. The van der Waals surface area contributed by atoms with Crippen LogP contribution in [0, 0.1) is 6.92 Å². The fourth-order valence-corrected chi connectivity index (χ4v) is 4.96. The van der Waals surface area contributed by atoms with Gasteiger partial charge in [-0.25, -0.2) is 4.98 Å². The summed E-state index contributed by atoms with van der Waals surface area (Å²) >= 11 is 0. The first-order valence-electron chi connectivity index (χ1n) is 10.9. The van der Waals surface area contributed by atoms with Crippen LogP contribution in [0.1, 0.15) is 53.7 Å². The maximum atomic E-state index is 12.9. The van der Waals surface area contributed by atoms with Crippen molar-refractivity contribution in [2.45, 2.75) is 51.0 Å². The van der Waals surface area contributed by atoms with Gasteiger partial charge in [-0.3, -0.25) is 4.79 Å². The summed E-state index contributed by atoms with van der Waals surface area (Å²) < 4.78 is 6.46. The van der Waals surface area contributed by atoms with E-state index in [0.717, 1.165) is 63.3 Å². The van der Waals surface area contributed by atoms with Crippen molar-refractivity contribution in [1.29, 1.82) is 0 Å². The number of anilines is 1. The quantitative estimate of drug-likeness (QED) is 0.777. The maximum absolute atomic E-state index is 12.9. The number of pyridine rings is 1. The van der Waals surface area contributed by atoms with Gasteiger partial charge in [0.25, 0.3) is 5.91 Å². The topological polar surface area (TPSA) is 45.7 Å². The molecule has 2 saturated heterocycles. The zero-order valence-electron chi connectivity index (χ0n) is 17.2. The molecule has 0 atom stereocenters. The fourth-order valence-electron chi connectivity index (χ4n) is 4.96. The third kappa shape index (κ3) is 3.59. The molecule has 1 aromatic heterocycles. The molecule has 5 heteroatoms. The number of piperidine rings is 1. The van der Waals surface area contributed by atoms with Gasteiger partial charge in [0.15, 0.2) is 0 Å². The van der Waals surface area contributed by atoms with Crippen LogP contribution in [0.25, 0.3) is 0 Å². The third-order valence-electron chi connectivity index (χ3n) is 6.79. The van der Waals surface area contributed by atoms with Crippen LogP contribution >= 0.6 is 0 Å². The summed E-state index contributed by atoms with van der Waals surface area (Å²) in [5, 5.41) is 0. The Hall–Kier alpha value is -2.56. The van der Waals surface area contributed by atoms with Crippen LogP contribution in [0.3, 0.4) is 0 Å². The predicted octanol–water partition coefficient (Wildman–Crippen LogP) is 3.99. The van der Waals surface area contributed by atoms with E-state index in [2.05, 4.69) is 35.0 Å². The third-order valence-corrected chi connectivity index (χ3v) is 6.79. The molecule has 152 valence electrons. The van der Waals surface area contributed by atoms with Crippen molar-refractivity contribution in [3.8, 4) is 5.75 Å². The molecule has 5 rings (SSSR count). The number of aryl methyl sites for hydroxylation is 2. The number of rotatable bonds is 2. The SMILES string of the molecule is Cc1ccc2c(c1)CCC1(CCN(C(=O)c3ccc(N4CCCC4)cn3)CC1)O2. The van der Waals surface area contributed by atoms with Gasteiger partial charge in [-0.05, 0) is 56.4 Å². The molecule has 0 saturated carbocycles. The molecule has 2 aromatic rings. The van der Waals surface area contributed by atoms with Crippen molar-refractivity contribution >= 4 is 11.6 Å². The highest BCUT2D eigenvalue weighted by Gasteiger charge is 2.40. The van der Waals surface area contributed by atoms with E-state index >= 15 is 0 Å². The first kappa shape index (κ1) is 18.5. The number of hydrogen-bond acceptors (Lipinski definition) is 4. The first-order valence-corrected chi connectivity index (χ1v) is 10.9. The Morgan fingerprint density at radius 2 is 1.83 bits per heavy atom. The largest absolute Gasteiger partial charge is 0.487 e. The number of aromatic nitrogens is 1. The molecule has 1 spiro atoms. The molecule has 0 N–H and O–H groups in total. The van der Waals surface area contributed by atoms with E-state index in [4.69, 9.17) is 4.74 Å². The molecule has 0 unspecified atom stereocenters. The number of carbonyl (C=O) groups is 1. The average molecular weight is 392 g/mol. The molecular formula is C24H29N3O2. The number of carbonyl (C=O) groups excluding carboxylic acids is 1. The predicted molar refractivity (Wildman–Crippen MR) is 114 cm³/mol. The second-order valence-corrected chi connectivity index (χ2v) is 8.78. The lowest BCUT2D eigenvalue weighted by molar-refractivity contribution is -0.0108. The van der Waals surface area contributed by atoms with Gasteiger partial charge in [-0.15, -0.1) is 0 Å². The molecule has 4 heterocycles. The highest BCUT2D eigenvalue weighted by Crippen LogP contribution is 2.39. The van der Waals surface area contributed by atoms with E-state index < -0.39 is 0 Å². The number of benzene rings is 1. The Balaban J connectivity index is 1.22. The normalized spacial score (nSPS) is 20.4. The lowest BCUT2D eigenvalue weighted by atomic mass is 9.83. The number of nitrogens with zero attached hydrogens (tertiary/aromatic N) is 3. The molecular weight excluding hydrogens is 362 g/mol. The van der Waals surface area contributed by atoms with Gasteiger partial charge >= 0.3 is 0 Å². The summed E-state index contributed by atoms with van der Waals surface area (Å²) in [6.07, 6.45) is 8.20. The summed E-state index contributed by atoms with van der Waals surface area (Å²) in [6.45, 7) is 5.77. The zero-order valence-corrected chi connectivity index (χ0v) is 17.2. The van der Waals surface area contributed by atoms with Crippen LogP contribution in [0.5, 0.6) is 5.75 Å². The molecule has 5 nitrogen and oxygen atoms in total. The summed E-state index contributed by atoms with van der Waals surface area (Å²) in [5.41, 5.74) is 4.16. The second-order valence-electron chi connectivity index (χ2n) is 8.78. The molecule has 29 heavy (non-hydrogen) atoms. The van der Waals surface area contributed by atoms with E-state index in [9.17, 15) is 4.79 Å². The van der Waals surface area contributed by atoms with Crippen LogP contribution in [-0.4, -0.2) is 47.6 Å². The van der Waals surface area contributed by atoms with Gasteiger partial charge in [0, 0.05) is 39.0 Å². The van der Waals surface area contributed by atoms with E-state index in [1.165, 1.54) is 24.0 Å². The molecule has 2 fully saturated rings. The van der Waals surface area contributed by atoms with Crippen molar-refractivity contribution in [3.05, 3.63) is 53.3 Å². The Kier molecular flexibility index (Phi) is 4.69. The standard InChI is InChI=1S/C24H29N3O2/c1-18-4-7-22-19(16-18)8-9-24(29-22)10-14-27(15-11-24)23(28)21-6-5-20(17-25-21)26-12-2-3-13-26/h4-7,16-17H,2-3,8-15H2,1H3. The van der Waals surface area contributed by atoms with Crippen molar-refractivity contribution in [1.82, 2.24) is 9.88 Å². The minimum atomic E-state index is -0.119. The van der Waals surface area contributed by atoms with Gasteiger partial charge in [0.05, 0.1) is 11.9 Å². The lowest BCUT2D eigenvalue weighted by Gasteiger charge is -2.44. The molecule has 0 radical (unpaired) electrons. The van der Waals surface area contributed by atoms with Crippen molar-refractivity contribution in [2.24, 2.45) is 0 Å². The molecule has 0 aliphatic carbocycles. The molecule has 1 amide bonds. The monoisotopic (exact) mass is 391 g/mol. The number of ether oxygens (including phenoxy) is 1. The van der Waals surface area contributed by atoms with Gasteiger partial charge in [0.2, 0.25) is 0 Å². The molecule has 3 aliphatic rings. The Bertz CT molecular complexity index is 895. The second kappa shape index (κ2) is 7.36. The summed E-state index contributed by atoms with van der Waals surface area (Å²) in [5.74, 6) is 1.07. The van der Waals surface area contributed by atoms with E-state index in [1.807, 2.05) is 23.2 Å². The Morgan fingerprint density at radius 3 is 2.55 bits per heavy atom. The number of likely N-dealkylation sites (tertiary alicyclic amines) is 1. The Morgan fingerprint density at radius 1 is 1.03 bits per heavy atom. The van der Waals surface area contributed by atoms with Gasteiger partial charge in [-0.2, -0.15) is 0 Å². The van der Waals surface area contributed by atoms with Crippen molar-refractivity contribution in [3.63, 3.8) is 0 Å². The van der Waals surface area contributed by atoms with Gasteiger partial charge in [-0.1, -0.05) is 17.7 Å². The van der Waals surface area contributed by atoms with Crippen LogP contribution in [-0.2, 0) is 6.42 Å². The maximum Gasteiger partial charge on any atom is 0.272 e. The van der Waals surface area contributed by atoms with Crippen LogP contribution < -0.4 is 9.64 Å². The molecule has 1 aromatic carbocycles. The smallest absolute Gasteiger partial charge is 0.272 e. The number of hydrogen-bond donors (Lipinski definition) is 0. The van der Waals surface area contributed by atoms with Crippen molar-refractivity contribution < 1.29 is 9.53 Å². The summed E-state index contributed by atoms with van der Waals surface area (Å²) in [6, 6.07) is 10.4. The minimum absolute atomic E-state index is 0.0413. The van der Waals surface area contributed by atoms with Crippen LogP contribution in [0.15, 0.2) is 36.5 Å². The van der Waals surface area contributed by atoms with Crippen LogP contribution in [0.4, 0.5) is 5.69 Å². The van der Waals surface area contributed by atoms with Gasteiger partial charge < -0.3 is 14.5 Å². The minimum Gasteiger partial charge on any atom is -0.487 e. The van der Waals surface area contributed by atoms with Crippen LogP contribution in [0.2, 0.25) is 0 Å². The van der Waals surface area contributed by atoms with E-state index in [0.29, 0.717) is 5.69 Å². The molecule has 3 aliphatic heterocycles. The van der Waals surface area contributed by atoms with Crippen molar-refractivity contribution in [2.75, 3.05) is 31.1 Å². The highest BCUT2D eigenvalue weighted by molar-refractivity contribution is 5.92. The lowest BCUT2D eigenvalue weighted by Crippen LogP contribution is -2.51. The Labute approximate surface area is 172 Å². The average Bonchev–Trinajstić information content (AvgIpc) is 3.29. The fraction of sp³-hybridized carbons (Fsp3) is 0.500. The van der Waals surface area contributed by atoms with E-state index in [-0.39, 0.29) is 11.5 Å². The highest BCUT2D eigenvalue weighted by atomic mass is 16.5. The first-order chi connectivity index (χ1) is 14.1. The number of amides is 1. The number of fused-ring (bicyclic) bond motifs is 1. The molecule has 0 bridgehead atoms.